The third kappa shape index (κ3) is 5.82. The van der Waals surface area contributed by atoms with Crippen molar-refractivity contribution in [1.29, 1.82) is 0 Å². The number of nitrogens with one attached hydrogen (secondary N) is 2. The first-order valence-electron chi connectivity index (χ1n) is 7.67. The van der Waals surface area contributed by atoms with Crippen molar-refractivity contribution in [1.82, 2.24) is 9.97 Å². The number of ether oxygens (including phenoxy) is 1. The number of amides is 1. The van der Waals surface area contributed by atoms with Gasteiger partial charge in [0.15, 0.2) is 6.61 Å². The molecular formula is C16H17N5O5. The van der Waals surface area contributed by atoms with Gasteiger partial charge in [-0.1, -0.05) is 6.07 Å². The van der Waals surface area contributed by atoms with E-state index in [1.807, 2.05) is 0 Å². The third-order valence-electron chi connectivity index (χ3n) is 3.23. The van der Waals surface area contributed by atoms with Crippen LogP contribution in [0.2, 0.25) is 0 Å². The van der Waals surface area contributed by atoms with Crippen molar-refractivity contribution < 1.29 is 19.2 Å². The van der Waals surface area contributed by atoms with Gasteiger partial charge >= 0.3 is 5.97 Å². The van der Waals surface area contributed by atoms with Crippen molar-refractivity contribution in [3.8, 4) is 0 Å². The Bertz CT molecular complexity index is 797. The first kappa shape index (κ1) is 18.8. The van der Waals surface area contributed by atoms with Crippen molar-refractivity contribution in [3.63, 3.8) is 0 Å². The Labute approximate surface area is 148 Å². The second-order valence-electron chi connectivity index (χ2n) is 5.22. The molecule has 1 aromatic carbocycles. The topological polar surface area (TPSA) is 136 Å². The van der Waals surface area contributed by atoms with Gasteiger partial charge in [-0.05, 0) is 19.1 Å². The fourth-order valence-electron chi connectivity index (χ4n) is 1.97. The third-order valence-corrected chi connectivity index (χ3v) is 3.23. The zero-order chi connectivity index (χ0) is 18.9. The van der Waals surface area contributed by atoms with E-state index in [9.17, 15) is 19.7 Å². The van der Waals surface area contributed by atoms with Gasteiger partial charge in [-0.25, -0.2) is 9.97 Å². The summed E-state index contributed by atoms with van der Waals surface area (Å²) in [6.07, 6.45) is 3.16. The minimum absolute atomic E-state index is 0.0293. The summed E-state index contributed by atoms with van der Waals surface area (Å²) >= 11 is 0. The molecule has 136 valence electrons. The van der Waals surface area contributed by atoms with Crippen LogP contribution in [0, 0.1) is 17.0 Å². The van der Waals surface area contributed by atoms with Gasteiger partial charge in [0, 0.05) is 36.3 Å². The quantitative estimate of drug-likeness (QED) is 0.413. The smallest absolute Gasteiger partial charge is 0.308 e. The summed E-state index contributed by atoms with van der Waals surface area (Å²) in [7, 11) is 0. The van der Waals surface area contributed by atoms with Crippen LogP contribution in [0.3, 0.4) is 0 Å². The molecule has 26 heavy (non-hydrogen) atoms. The molecule has 0 bridgehead atoms. The molecule has 0 saturated carbocycles. The number of rotatable bonds is 8. The lowest BCUT2D eigenvalue weighted by atomic mass is 10.2. The van der Waals surface area contributed by atoms with E-state index in [2.05, 4.69) is 20.6 Å². The van der Waals surface area contributed by atoms with E-state index in [0.29, 0.717) is 11.5 Å². The average Bonchev–Trinajstić information content (AvgIpc) is 2.62. The van der Waals surface area contributed by atoms with Gasteiger partial charge in [0.25, 0.3) is 11.6 Å². The summed E-state index contributed by atoms with van der Waals surface area (Å²) in [4.78, 5) is 41.6. The van der Waals surface area contributed by atoms with Crippen LogP contribution < -0.4 is 10.6 Å². The Morgan fingerprint density at radius 3 is 2.69 bits per heavy atom. The molecule has 2 aromatic rings. The lowest BCUT2D eigenvalue weighted by Gasteiger charge is -2.08. The van der Waals surface area contributed by atoms with Crippen molar-refractivity contribution >= 4 is 29.2 Å². The van der Waals surface area contributed by atoms with Crippen LogP contribution in [0.1, 0.15) is 12.0 Å². The first-order chi connectivity index (χ1) is 12.5. The molecule has 0 saturated heterocycles. The number of esters is 1. The number of nitrogens with zero attached hydrogens (tertiary/aromatic N) is 3. The van der Waals surface area contributed by atoms with Crippen LogP contribution in [0.25, 0.3) is 0 Å². The predicted molar refractivity (Wildman–Crippen MR) is 92.6 cm³/mol. The van der Waals surface area contributed by atoms with Crippen LogP contribution in [0.5, 0.6) is 0 Å². The highest BCUT2D eigenvalue weighted by molar-refractivity contribution is 5.93. The molecule has 10 nitrogen and oxygen atoms in total. The number of aryl methyl sites for hydroxylation is 1. The van der Waals surface area contributed by atoms with Gasteiger partial charge in [-0.3, -0.25) is 19.7 Å². The molecule has 2 rings (SSSR count). The predicted octanol–water partition coefficient (Wildman–Crippen LogP) is 1.68. The van der Waals surface area contributed by atoms with E-state index < -0.39 is 23.4 Å². The number of carbonyl (C=O) groups excluding carboxylic acids is 2. The Hall–Kier alpha value is -3.56. The van der Waals surface area contributed by atoms with Crippen molar-refractivity contribution in [2.24, 2.45) is 0 Å². The van der Waals surface area contributed by atoms with Gasteiger partial charge in [0.1, 0.15) is 0 Å². The number of aromatic nitrogens is 2. The highest BCUT2D eigenvalue weighted by Gasteiger charge is 2.13. The number of anilines is 2. The Morgan fingerprint density at radius 1 is 1.27 bits per heavy atom. The van der Waals surface area contributed by atoms with E-state index >= 15 is 0 Å². The fourth-order valence-corrected chi connectivity index (χ4v) is 1.97. The molecule has 0 aliphatic rings. The van der Waals surface area contributed by atoms with Crippen molar-refractivity contribution in [2.75, 3.05) is 23.8 Å². The summed E-state index contributed by atoms with van der Waals surface area (Å²) < 4.78 is 4.85. The van der Waals surface area contributed by atoms with Gasteiger partial charge in [-0.15, -0.1) is 0 Å². The molecule has 1 aromatic heterocycles. The van der Waals surface area contributed by atoms with Crippen LogP contribution >= 0.6 is 0 Å². The summed E-state index contributed by atoms with van der Waals surface area (Å²) in [6.45, 7) is 1.37. The van der Waals surface area contributed by atoms with Crippen molar-refractivity contribution in [3.05, 3.63) is 52.3 Å². The van der Waals surface area contributed by atoms with Crippen LogP contribution in [-0.2, 0) is 14.3 Å². The first-order valence-corrected chi connectivity index (χ1v) is 7.67. The number of nitro benzene ring substituents is 1. The minimum Gasteiger partial charge on any atom is -0.456 e. The Morgan fingerprint density at radius 2 is 2.00 bits per heavy atom. The highest BCUT2D eigenvalue weighted by atomic mass is 16.6. The van der Waals surface area contributed by atoms with Crippen LogP contribution in [-0.4, -0.2) is 39.9 Å². The summed E-state index contributed by atoms with van der Waals surface area (Å²) in [5.74, 6) is -0.770. The maximum atomic E-state index is 11.8. The van der Waals surface area contributed by atoms with Gasteiger partial charge < -0.3 is 15.4 Å². The number of nitro groups is 1. The highest BCUT2D eigenvalue weighted by Crippen LogP contribution is 2.22. The molecule has 0 unspecified atom stereocenters. The molecule has 1 amide bonds. The largest absolute Gasteiger partial charge is 0.456 e. The maximum absolute atomic E-state index is 11.8. The lowest BCUT2D eigenvalue weighted by molar-refractivity contribution is -0.385. The van der Waals surface area contributed by atoms with E-state index in [0.717, 1.165) is 0 Å². The monoisotopic (exact) mass is 359 g/mol. The van der Waals surface area contributed by atoms with Crippen molar-refractivity contribution in [2.45, 2.75) is 13.3 Å². The zero-order valence-corrected chi connectivity index (χ0v) is 14.0. The molecule has 0 radical (unpaired) electrons. The van der Waals surface area contributed by atoms with E-state index in [1.165, 1.54) is 18.2 Å². The van der Waals surface area contributed by atoms with Gasteiger partial charge in [0.05, 0.1) is 11.3 Å². The maximum Gasteiger partial charge on any atom is 0.308 e. The number of hydrogen-bond acceptors (Lipinski definition) is 8. The van der Waals surface area contributed by atoms with Crippen LogP contribution in [0.4, 0.5) is 17.3 Å². The molecule has 0 aliphatic carbocycles. The Balaban J connectivity index is 1.73. The van der Waals surface area contributed by atoms with E-state index in [1.54, 1.807) is 25.4 Å². The second-order valence-corrected chi connectivity index (χ2v) is 5.22. The average molecular weight is 359 g/mol. The number of carbonyl (C=O) groups is 2. The SMILES string of the molecule is Cc1ccc(NC(=O)COC(=O)CCNc2ncccn2)cc1[N+](=O)[O-]. The summed E-state index contributed by atoms with van der Waals surface area (Å²) in [5.41, 5.74) is 0.634. The fraction of sp³-hybridized carbons (Fsp3) is 0.250. The molecule has 0 aliphatic heterocycles. The number of benzene rings is 1. The zero-order valence-electron chi connectivity index (χ0n) is 14.0. The van der Waals surface area contributed by atoms with E-state index in [4.69, 9.17) is 4.74 Å². The summed E-state index contributed by atoms with van der Waals surface area (Å²) in [5, 5.41) is 16.2. The Kier molecular flexibility index (Phi) is 6.54. The molecular weight excluding hydrogens is 342 g/mol. The standard InChI is InChI=1S/C16H17N5O5/c1-11-3-4-12(9-13(11)21(24)25)20-14(22)10-26-15(23)5-8-19-16-17-6-2-7-18-16/h2-4,6-7,9H,5,8,10H2,1H3,(H,20,22)(H,17,18,19). The molecule has 10 heteroatoms. The summed E-state index contributed by atoms with van der Waals surface area (Å²) in [6, 6.07) is 5.97. The minimum atomic E-state index is -0.587. The molecule has 0 atom stereocenters. The molecule has 2 N–H and O–H groups in total. The lowest BCUT2D eigenvalue weighted by Crippen LogP contribution is -2.22. The molecule has 0 spiro atoms. The van der Waals surface area contributed by atoms with E-state index in [-0.39, 0.29) is 24.3 Å². The number of hydrogen-bond donors (Lipinski definition) is 2. The normalized spacial score (nSPS) is 10.0. The van der Waals surface area contributed by atoms with Crippen LogP contribution in [0.15, 0.2) is 36.7 Å². The molecule has 0 fully saturated rings. The van der Waals surface area contributed by atoms with Gasteiger partial charge in [-0.2, -0.15) is 0 Å². The molecule has 1 heterocycles. The van der Waals surface area contributed by atoms with Gasteiger partial charge in [0.2, 0.25) is 5.95 Å². The second kappa shape index (κ2) is 9.06.